The SMILES string of the molecule is CCCNCCS(=O)(=O)CC1CCCO1. The lowest BCUT2D eigenvalue weighted by molar-refractivity contribution is 0.127. The number of sulfone groups is 1. The number of rotatable bonds is 7. The van der Waals surface area contributed by atoms with Gasteiger partial charge in [-0.25, -0.2) is 8.42 Å². The molecule has 1 saturated heterocycles. The van der Waals surface area contributed by atoms with Crippen molar-refractivity contribution in [2.45, 2.75) is 32.3 Å². The van der Waals surface area contributed by atoms with Gasteiger partial charge in [0.15, 0.2) is 9.84 Å². The molecular weight excluding hydrogens is 214 g/mol. The molecule has 0 aliphatic carbocycles. The molecule has 0 saturated carbocycles. The summed E-state index contributed by atoms with van der Waals surface area (Å²) in [4.78, 5) is 0. The highest BCUT2D eigenvalue weighted by molar-refractivity contribution is 7.91. The Labute approximate surface area is 92.3 Å². The molecule has 1 aliphatic heterocycles. The first-order chi connectivity index (χ1) is 7.14. The zero-order valence-electron chi connectivity index (χ0n) is 9.37. The summed E-state index contributed by atoms with van der Waals surface area (Å²) in [6.45, 7) is 4.22. The monoisotopic (exact) mass is 235 g/mol. The zero-order valence-corrected chi connectivity index (χ0v) is 10.2. The Kier molecular flexibility index (Phi) is 5.56. The van der Waals surface area contributed by atoms with Crippen molar-refractivity contribution < 1.29 is 13.2 Å². The van der Waals surface area contributed by atoms with E-state index < -0.39 is 9.84 Å². The van der Waals surface area contributed by atoms with E-state index in [-0.39, 0.29) is 17.6 Å². The molecule has 5 heteroatoms. The second-order valence-corrected chi connectivity index (χ2v) is 6.23. The minimum absolute atomic E-state index is 0.0545. The molecule has 0 amide bonds. The van der Waals surface area contributed by atoms with Crippen LogP contribution in [0, 0.1) is 0 Å². The van der Waals surface area contributed by atoms with Gasteiger partial charge in [0.25, 0.3) is 0 Å². The summed E-state index contributed by atoms with van der Waals surface area (Å²) in [5, 5.41) is 3.10. The second-order valence-electron chi connectivity index (χ2n) is 4.00. The van der Waals surface area contributed by atoms with Crippen LogP contribution in [0.3, 0.4) is 0 Å². The Morgan fingerprint density at radius 2 is 2.20 bits per heavy atom. The van der Waals surface area contributed by atoms with Gasteiger partial charge in [0.1, 0.15) is 0 Å². The molecule has 1 rings (SSSR count). The van der Waals surface area contributed by atoms with E-state index in [1.165, 1.54) is 0 Å². The van der Waals surface area contributed by atoms with Crippen LogP contribution in [0.5, 0.6) is 0 Å². The molecule has 1 atom stereocenters. The Hall–Kier alpha value is -0.130. The van der Waals surface area contributed by atoms with Gasteiger partial charge in [-0.05, 0) is 25.8 Å². The molecule has 1 unspecified atom stereocenters. The van der Waals surface area contributed by atoms with E-state index >= 15 is 0 Å². The Morgan fingerprint density at radius 3 is 2.80 bits per heavy atom. The zero-order chi connectivity index (χ0) is 11.1. The van der Waals surface area contributed by atoms with Crippen LogP contribution in [-0.4, -0.2) is 45.7 Å². The fourth-order valence-corrected chi connectivity index (χ4v) is 3.12. The molecule has 1 fully saturated rings. The van der Waals surface area contributed by atoms with E-state index in [1.807, 2.05) is 0 Å². The van der Waals surface area contributed by atoms with Gasteiger partial charge in [0.05, 0.1) is 17.6 Å². The highest BCUT2D eigenvalue weighted by Crippen LogP contribution is 2.13. The summed E-state index contributed by atoms with van der Waals surface area (Å²) >= 11 is 0. The Balaban J connectivity index is 2.19. The molecule has 1 N–H and O–H groups in total. The predicted octanol–water partition coefficient (Wildman–Crippen LogP) is 0.580. The molecule has 0 aromatic rings. The Morgan fingerprint density at radius 1 is 1.40 bits per heavy atom. The molecule has 1 aliphatic rings. The van der Waals surface area contributed by atoms with Crippen molar-refractivity contribution in [3.63, 3.8) is 0 Å². The van der Waals surface area contributed by atoms with Gasteiger partial charge >= 0.3 is 0 Å². The van der Waals surface area contributed by atoms with Crippen molar-refractivity contribution >= 4 is 9.84 Å². The van der Waals surface area contributed by atoms with E-state index in [9.17, 15) is 8.42 Å². The molecule has 15 heavy (non-hydrogen) atoms. The first-order valence-corrected chi connectivity index (χ1v) is 7.49. The lowest BCUT2D eigenvalue weighted by atomic mass is 10.3. The molecule has 0 spiro atoms. The van der Waals surface area contributed by atoms with Gasteiger partial charge in [-0.1, -0.05) is 6.92 Å². The van der Waals surface area contributed by atoms with E-state index in [0.29, 0.717) is 13.2 Å². The third kappa shape index (κ3) is 5.49. The first-order valence-electron chi connectivity index (χ1n) is 5.67. The van der Waals surface area contributed by atoms with Gasteiger partial charge in [-0.15, -0.1) is 0 Å². The smallest absolute Gasteiger partial charge is 0.154 e. The third-order valence-electron chi connectivity index (χ3n) is 2.48. The van der Waals surface area contributed by atoms with E-state index in [1.54, 1.807) is 0 Å². The average Bonchev–Trinajstić information content (AvgIpc) is 2.64. The van der Waals surface area contributed by atoms with Crippen LogP contribution in [0.15, 0.2) is 0 Å². The summed E-state index contributed by atoms with van der Waals surface area (Å²) in [5.74, 6) is 0.424. The van der Waals surface area contributed by atoms with E-state index in [4.69, 9.17) is 4.74 Å². The fraction of sp³-hybridized carbons (Fsp3) is 1.00. The highest BCUT2D eigenvalue weighted by atomic mass is 32.2. The van der Waals surface area contributed by atoms with Crippen molar-refractivity contribution in [3.8, 4) is 0 Å². The topological polar surface area (TPSA) is 55.4 Å². The summed E-state index contributed by atoms with van der Waals surface area (Å²) in [6, 6.07) is 0. The molecule has 0 bridgehead atoms. The van der Waals surface area contributed by atoms with Crippen LogP contribution in [0.25, 0.3) is 0 Å². The number of hydrogen-bond donors (Lipinski definition) is 1. The molecular formula is C10H21NO3S. The van der Waals surface area contributed by atoms with Crippen LogP contribution < -0.4 is 5.32 Å². The molecule has 1 heterocycles. The summed E-state index contributed by atoms with van der Waals surface area (Å²) < 4.78 is 28.6. The molecule has 0 radical (unpaired) electrons. The largest absolute Gasteiger partial charge is 0.377 e. The summed E-state index contributed by atoms with van der Waals surface area (Å²) in [7, 11) is -2.93. The van der Waals surface area contributed by atoms with Crippen LogP contribution in [-0.2, 0) is 14.6 Å². The summed E-state index contributed by atoms with van der Waals surface area (Å²) in [6.07, 6.45) is 2.86. The van der Waals surface area contributed by atoms with Gasteiger partial charge in [0, 0.05) is 13.2 Å². The second kappa shape index (κ2) is 6.45. The molecule has 0 aromatic carbocycles. The van der Waals surface area contributed by atoms with Gasteiger partial charge in [0.2, 0.25) is 0 Å². The normalized spacial score (nSPS) is 22.1. The lowest BCUT2D eigenvalue weighted by Gasteiger charge is -2.10. The number of nitrogens with one attached hydrogen (secondary N) is 1. The summed E-state index contributed by atoms with van der Waals surface area (Å²) in [5.41, 5.74) is 0. The minimum atomic E-state index is -2.93. The van der Waals surface area contributed by atoms with Gasteiger partial charge in [-0.2, -0.15) is 0 Å². The van der Waals surface area contributed by atoms with Crippen LogP contribution in [0.1, 0.15) is 26.2 Å². The van der Waals surface area contributed by atoms with Crippen LogP contribution >= 0.6 is 0 Å². The van der Waals surface area contributed by atoms with E-state index in [0.717, 1.165) is 25.8 Å². The standard InChI is InChI=1S/C10H21NO3S/c1-2-5-11-6-8-15(12,13)9-10-4-3-7-14-10/h10-11H,2-9H2,1H3. The maximum absolute atomic E-state index is 11.6. The highest BCUT2D eigenvalue weighted by Gasteiger charge is 2.22. The fourth-order valence-electron chi connectivity index (χ4n) is 1.67. The maximum Gasteiger partial charge on any atom is 0.154 e. The van der Waals surface area contributed by atoms with Crippen molar-refractivity contribution in [2.75, 3.05) is 31.2 Å². The molecule has 90 valence electrons. The first kappa shape index (κ1) is 12.9. The van der Waals surface area contributed by atoms with Crippen LogP contribution in [0.4, 0.5) is 0 Å². The molecule has 4 nitrogen and oxygen atoms in total. The van der Waals surface area contributed by atoms with E-state index in [2.05, 4.69) is 12.2 Å². The van der Waals surface area contributed by atoms with Crippen molar-refractivity contribution in [1.29, 1.82) is 0 Å². The number of ether oxygens (including phenoxy) is 1. The van der Waals surface area contributed by atoms with Crippen molar-refractivity contribution in [3.05, 3.63) is 0 Å². The Bertz CT molecular complexity index is 258. The third-order valence-corrected chi connectivity index (χ3v) is 4.19. The average molecular weight is 235 g/mol. The predicted molar refractivity (Wildman–Crippen MR) is 60.8 cm³/mol. The quantitative estimate of drug-likeness (QED) is 0.656. The lowest BCUT2D eigenvalue weighted by Crippen LogP contribution is -2.28. The van der Waals surface area contributed by atoms with Gasteiger partial charge in [-0.3, -0.25) is 0 Å². The van der Waals surface area contributed by atoms with Crippen molar-refractivity contribution in [2.24, 2.45) is 0 Å². The van der Waals surface area contributed by atoms with Gasteiger partial charge < -0.3 is 10.1 Å². The minimum Gasteiger partial charge on any atom is -0.377 e. The maximum atomic E-state index is 11.6. The molecule has 0 aromatic heterocycles. The number of hydrogen-bond acceptors (Lipinski definition) is 4. The van der Waals surface area contributed by atoms with Crippen molar-refractivity contribution in [1.82, 2.24) is 5.32 Å². The van der Waals surface area contributed by atoms with Crippen LogP contribution in [0.2, 0.25) is 0 Å².